The van der Waals surface area contributed by atoms with Gasteiger partial charge in [-0.25, -0.2) is 4.39 Å². The van der Waals surface area contributed by atoms with Gasteiger partial charge in [0.15, 0.2) is 0 Å². The van der Waals surface area contributed by atoms with Gasteiger partial charge in [-0.1, -0.05) is 35.3 Å². The van der Waals surface area contributed by atoms with Gasteiger partial charge in [-0.3, -0.25) is 14.5 Å². The van der Waals surface area contributed by atoms with E-state index in [9.17, 15) is 19.1 Å². The van der Waals surface area contributed by atoms with E-state index in [1.807, 2.05) is 0 Å². The van der Waals surface area contributed by atoms with Crippen molar-refractivity contribution in [2.45, 2.75) is 6.54 Å². The number of amides is 2. The molecule has 0 saturated carbocycles. The summed E-state index contributed by atoms with van der Waals surface area (Å²) in [7, 11) is 0. The maximum atomic E-state index is 13.0. The van der Waals surface area contributed by atoms with Crippen molar-refractivity contribution in [1.82, 2.24) is 4.90 Å². The third-order valence-corrected chi connectivity index (χ3v) is 4.89. The smallest absolute Gasteiger partial charge is 0.293 e. The molecule has 0 aliphatic carbocycles. The van der Waals surface area contributed by atoms with Crippen LogP contribution < -0.4 is 0 Å². The zero-order chi connectivity index (χ0) is 18.1. The van der Waals surface area contributed by atoms with Crippen LogP contribution in [0, 0.1) is 5.82 Å². The summed E-state index contributed by atoms with van der Waals surface area (Å²) in [6.45, 7) is 0.0323. The van der Waals surface area contributed by atoms with E-state index in [0.29, 0.717) is 10.6 Å². The fourth-order valence-electron chi connectivity index (χ4n) is 2.25. The number of phenolic OH excluding ortho intramolecular Hbond substituents is 1. The molecule has 3 rings (SSSR count). The molecule has 0 radical (unpaired) electrons. The maximum Gasteiger partial charge on any atom is 0.293 e. The Kier molecular flexibility index (Phi) is 5.03. The molecule has 2 amide bonds. The number of aromatic hydroxyl groups is 1. The topological polar surface area (TPSA) is 57.6 Å². The summed E-state index contributed by atoms with van der Waals surface area (Å²) in [5, 5.41) is 9.86. The predicted octanol–water partition coefficient (Wildman–Crippen LogP) is 5.07. The van der Waals surface area contributed by atoms with Gasteiger partial charge in [0, 0.05) is 10.6 Å². The number of hydrogen-bond donors (Lipinski definition) is 1. The molecule has 25 heavy (non-hydrogen) atoms. The molecule has 1 aliphatic rings. The minimum atomic E-state index is -0.505. The highest BCUT2D eigenvalue weighted by molar-refractivity contribution is 8.18. The van der Waals surface area contributed by atoms with Crippen LogP contribution in [0.15, 0.2) is 41.3 Å². The quantitative estimate of drug-likeness (QED) is 0.734. The first-order valence-corrected chi connectivity index (χ1v) is 8.60. The SMILES string of the molecule is O=C1S/C(=C\c2cc(Cl)cc(Cl)c2O)C(=O)N1Cc1ccc(F)cc1. The molecular weight excluding hydrogens is 388 g/mol. The monoisotopic (exact) mass is 397 g/mol. The molecule has 1 N–H and O–H groups in total. The molecule has 0 unspecified atom stereocenters. The molecule has 0 aromatic heterocycles. The van der Waals surface area contributed by atoms with Gasteiger partial charge >= 0.3 is 0 Å². The minimum Gasteiger partial charge on any atom is -0.506 e. The minimum absolute atomic E-state index is 0.0323. The highest BCUT2D eigenvalue weighted by Gasteiger charge is 2.35. The fraction of sp³-hybridized carbons (Fsp3) is 0.0588. The number of rotatable bonds is 3. The lowest BCUT2D eigenvalue weighted by Gasteiger charge is -2.12. The van der Waals surface area contributed by atoms with Gasteiger partial charge in [-0.2, -0.15) is 0 Å². The molecule has 1 saturated heterocycles. The highest BCUT2D eigenvalue weighted by Crippen LogP contribution is 2.37. The van der Waals surface area contributed by atoms with Crippen molar-refractivity contribution < 1.29 is 19.1 Å². The molecule has 8 heteroatoms. The predicted molar refractivity (Wildman–Crippen MR) is 96.0 cm³/mol. The summed E-state index contributed by atoms with van der Waals surface area (Å²) >= 11 is 12.5. The molecule has 1 heterocycles. The van der Waals surface area contributed by atoms with Gasteiger partial charge in [0.1, 0.15) is 11.6 Å². The molecule has 2 aromatic rings. The lowest BCUT2D eigenvalue weighted by atomic mass is 10.1. The number of hydrogen-bond acceptors (Lipinski definition) is 4. The summed E-state index contributed by atoms with van der Waals surface area (Å²) in [6.07, 6.45) is 1.36. The molecular formula is C17H10Cl2FNO3S. The van der Waals surface area contributed by atoms with Gasteiger partial charge in [-0.15, -0.1) is 0 Å². The van der Waals surface area contributed by atoms with Crippen LogP contribution in [0.25, 0.3) is 6.08 Å². The van der Waals surface area contributed by atoms with Crippen LogP contribution in [0.4, 0.5) is 9.18 Å². The first-order valence-electron chi connectivity index (χ1n) is 7.03. The zero-order valence-corrected chi connectivity index (χ0v) is 14.8. The third kappa shape index (κ3) is 3.81. The largest absolute Gasteiger partial charge is 0.506 e. The lowest BCUT2D eigenvalue weighted by Crippen LogP contribution is -2.27. The molecule has 2 aromatic carbocycles. The van der Waals surface area contributed by atoms with E-state index in [0.717, 1.165) is 16.7 Å². The maximum absolute atomic E-state index is 13.0. The fourth-order valence-corrected chi connectivity index (χ4v) is 3.58. The second-order valence-electron chi connectivity index (χ2n) is 5.22. The average molecular weight is 398 g/mol. The number of imide groups is 1. The van der Waals surface area contributed by atoms with Gasteiger partial charge in [0.05, 0.1) is 16.5 Å². The Morgan fingerprint density at radius 2 is 1.84 bits per heavy atom. The first kappa shape index (κ1) is 17.8. The Hall–Kier alpha value is -2.02. The van der Waals surface area contributed by atoms with Gasteiger partial charge in [0.2, 0.25) is 0 Å². The van der Waals surface area contributed by atoms with Crippen molar-refractivity contribution in [1.29, 1.82) is 0 Å². The number of carbonyl (C=O) groups is 2. The molecule has 0 bridgehead atoms. The standard InChI is InChI=1S/C17H10Cl2FNO3S/c18-11-5-10(15(22)13(19)7-11)6-14-16(23)21(17(24)25-14)8-9-1-3-12(20)4-2-9/h1-7,22H,8H2/b14-6-. The second kappa shape index (κ2) is 7.07. The summed E-state index contributed by atoms with van der Waals surface area (Å²) in [5.41, 5.74) is 0.864. The van der Waals surface area contributed by atoms with Crippen LogP contribution in [0.5, 0.6) is 5.75 Å². The van der Waals surface area contributed by atoms with Gasteiger partial charge in [-0.05, 0) is 47.7 Å². The second-order valence-corrected chi connectivity index (χ2v) is 7.06. The number of carbonyl (C=O) groups excluding carboxylic acids is 2. The number of benzene rings is 2. The normalized spacial score (nSPS) is 16.1. The highest BCUT2D eigenvalue weighted by atomic mass is 35.5. The van der Waals surface area contributed by atoms with Crippen LogP contribution in [0.1, 0.15) is 11.1 Å². The van der Waals surface area contributed by atoms with Crippen molar-refractivity contribution in [3.63, 3.8) is 0 Å². The van der Waals surface area contributed by atoms with Crippen molar-refractivity contribution in [2.75, 3.05) is 0 Å². The molecule has 1 fully saturated rings. The molecule has 1 aliphatic heterocycles. The molecule has 0 spiro atoms. The summed E-state index contributed by atoms with van der Waals surface area (Å²) in [5.74, 6) is -1.13. The summed E-state index contributed by atoms with van der Waals surface area (Å²) in [4.78, 5) is 25.8. The van der Waals surface area contributed by atoms with E-state index < -0.39 is 17.0 Å². The Bertz CT molecular complexity index is 900. The lowest BCUT2D eigenvalue weighted by molar-refractivity contribution is -0.123. The van der Waals surface area contributed by atoms with E-state index in [-0.39, 0.29) is 27.8 Å². The molecule has 0 atom stereocenters. The molecule has 4 nitrogen and oxygen atoms in total. The van der Waals surface area contributed by atoms with Crippen LogP contribution in [-0.2, 0) is 11.3 Å². The Morgan fingerprint density at radius 1 is 1.16 bits per heavy atom. The van der Waals surface area contributed by atoms with Crippen molar-refractivity contribution >= 4 is 52.2 Å². The van der Waals surface area contributed by atoms with Gasteiger partial charge in [0.25, 0.3) is 11.1 Å². The Balaban J connectivity index is 1.87. The number of halogens is 3. The Labute approximate surface area is 156 Å². The van der Waals surface area contributed by atoms with Crippen molar-refractivity contribution in [3.05, 3.63) is 68.3 Å². The average Bonchev–Trinajstić information content (AvgIpc) is 2.81. The Morgan fingerprint density at radius 3 is 2.52 bits per heavy atom. The first-order chi connectivity index (χ1) is 11.8. The third-order valence-electron chi connectivity index (χ3n) is 3.47. The van der Waals surface area contributed by atoms with Gasteiger partial charge < -0.3 is 5.11 Å². The number of nitrogens with zero attached hydrogens (tertiary/aromatic N) is 1. The van der Waals surface area contributed by atoms with E-state index in [1.165, 1.54) is 42.5 Å². The van der Waals surface area contributed by atoms with Crippen molar-refractivity contribution in [2.24, 2.45) is 0 Å². The van der Waals surface area contributed by atoms with E-state index in [4.69, 9.17) is 23.2 Å². The molecule has 128 valence electrons. The summed E-state index contributed by atoms with van der Waals surface area (Å²) < 4.78 is 13.0. The van der Waals surface area contributed by atoms with Crippen LogP contribution >= 0.6 is 35.0 Å². The van der Waals surface area contributed by atoms with Crippen LogP contribution in [0.3, 0.4) is 0 Å². The number of thioether (sulfide) groups is 1. The zero-order valence-electron chi connectivity index (χ0n) is 12.5. The van der Waals surface area contributed by atoms with Crippen molar-refractivity contribution in [3.8, 4) is 5.75 Å². The van der Waals surface area contributed by atoms with E-state index in [1.54, 1.807) is 0 Å². The van der Waals surface area contributed by atoms with E-state index in [2.05, 4.69) is 0 Å². The van der Waals surface area contributed by atoms with E-state index >= 15 is 0 Å². The summed E-state index contributed by atoms with van der Waals surface area (Å²) in [6, 6.07) is 8.34. The number of phenols is 1. The van der Waals surface area contributed by atoms with Crippen LogP contribution in [-0.4, -0.2) is 21.2 Å². The van der Waals surface area contributed by atoms with Crippen LogP contribution in [0.2, 0.25) is 10.0 Å².